The van der Waals surface area contributed by atoms with E-state index in [9.17, 15) is 0 Å². The normalized spacial score (nSPS) is 11.1. The van der Waals surface area contributed by atoms with Crippen LogP contribution in [0.5, 0.6) is 0 Å². The van der Waals surface area contributed by atoms with E-state index in [-0.39, 0.29) is 0 Å². The number of pyridine rings is 4. The third kappa shape index (κ3) is 16.9. The molecule has 0 fully saturated rings. The van der Waals surface area contributed by atoms with Crippen molar-refractivity contribution >= 4 is 129 Å². The summed E-state index contributed by atoms with van der Waals surface area (Å²) >= 11 is 14.2. The number of rotatable bonds is 11. The van der Waals surface area contributed by atoms with Gasteiger partial charge in [-0.3, -0.25) is 19.9 Å². The number of hydrogen-bond donors (Lipinski definition) is 0. The fraction of sp³-hybridized carbons (Fsp3) is 0. The zero-order valence-corrected chi connectivity index (χ0v) is 69.2. The molecule has 0 spiro atoms. The Kier molecular flexibility index (Phi) is 22.3. The third-order valence-electron chi connectivity index (χ3n) is 19.9. The highest BCUT2D eigenvalue weighted by Crippen LogP contribution is 2.40. The smallest absolute Gasteiger partial charge is 0.160 e. The minimum Gasteiger partial charge on any atom is -0.252 e. The summed E-state index contributed by atoms with van der Waals surface area (Å²) in [7, 11) is 0. The van der Waals surface area contributed by atoms with Crippen LogP contribution in [0.4, 0.5) is 0 Å². The van der Waals surface area contributed by atoms with Gasteiger partial charge in [-0.25, -0.2) is 39.9 Å². The molecular formula is C102H64Br4N12. The Morgan fingerprint density at radius 2 is 0.475 bits per heavy atom. The van der Waals surface area contributed by atoms with Gasteiger partial charge in [0.1, 0.15) is 44.8 Å². The van der Waals surface area contributed by atoms with E-state index in [0.29, 0.717) is 23.3 Å². The average molecular weight is 1780 g/mol. The van der Waals surface area contributed by atoms with Crippen molar-refractivity contribution in [3.63, 3.8) is 0 Å². The van der Waals surface area contributed by atoms with Gasteiger partial charge in [0.15, 0.2) is 23.3 Å². The van der Waals surface area contributed by atoms with Gasteiger partial charge in [-0.1, -0.05) is 300 Å². The lowest BCUT2D eigenvalue weighted by atomic mass is 9.94. The summed E-state index contributed by atoms with van der Waals surface area (Å²) in [4.78, 5) is 57.3. The maximum atomic E-state index is 5.06. The van der Waals surface area contributed by atoms with Crippen molar-refractivity contribution in [1.29, 1.82) is 0 Å². The van der Waals surface area contributed by atoms with Crippen LogP contribution in [0.15, 0.2) is 407 Å². The zero-order valence-electron chi connectivity index (χ0n) is 62.8. The van der Waals surface area contributed by atoms with E-state index in [1.807, 2.05) is 164 Å². The summed E-state index contributed by atoms with van der Waals surface area (Å²) < 4.78 is 3.99. The van der Waals surface area contributed by atoms with Crippen LogP contribution in [0.1, 0.15) is 0 Å². The summed E-state index contributed by atoms with van der Waals surface area (Å²) in [6, 6.07) is 123. The van der Waals surface area contributed by atoms with Gasteiger partial charge < -0.3 is 0 Å². The molecule has 12 nitrogen and oxygen atoms in total. The van der Waals surface area contributed by atoms with Gasteiger partial charge in [0.2, 0.25) is 0 Å². The molecule has 0 amide bonds. The highest BCUT2D eigenvalue weighted by Gasteiger charge is 2.20. The monoisotopic (exact) mass is 1770 g/mol. The lowest BCUT2D eigenvalue weighted by Gasteiger charge is -2.13. The Morgan fingerprint density at radius 1 is 0.169 bits per heavy atom. The number of benzene rings is 13. The molecule has 560 valence electrons. The molecule has 21 aromatic rings. The minimum absolute atomic E-state index is 0.674. The second-order valence-electron chi connectivity index (χ2n) is 27.7. The molecule has 13 aromatic carbocycles. The van der Waals surface area contributed by atoms with Gasteiger partial charge in [-0.05, 0) is 182 Å². The van der Waals surface area contributed by atoms with E-state index in [2.05, 4.69) is 284 Å². The number of halogens is 4. The second kappa shape index (κ2) is 34.8. The van der Waals surface area contributed by atoms with Crippen LogP contribution in [-0.2, 0) is 0 Å². The van der Waals surface area contributed by atoms with E-state index in [1.165, 1.54) is 21.7 Å². The van der Waals surface area contributed by atoms with Crippen molar-refractivity contribution in [1.82, 2.24) is 59.8 Å². The molecule has 16 heteroatoms. The van der Waals surface area contributed by atoms with Crippen LogP contribution in [0, 0.1) is 0 Å². The quantitative estimate of drug-likeness (QED) is 0.121. The Hall–Kier alpha value is -13.7. The van der Waals surface area contributed by atoms with E-state index in [1.54, 1.807) is 24.8 Å². The van der Waals surface area contributed by atoms with Gasteiger partial charge >= 0.3 is 0 Å². The minimum atomic E-state index is 0.674. The summed E-state index contributed by atoms with van der Waals surface area (Å²) in [5, 5.41) is 4.73. The Morgan fingerprint density at radius 3 is 0.915 bits per heavy atom. The van der Waals surface area contributed by atoms with E-state index >= 15 is 0 Å². The standard InChI is InChI=1S/C31H20BrN3.C25H16BrN3.2C23H14BrN3/c32-27-14-7-13-23(20-27)31-34-28-15-8-16-33-30(28)29(35-31)26-18-24(21-9-3-1-4-10-21)17-25(19-26)22-11-5-2-6-12-22;26-21-12-5-11-20(16-21)25-28-22-13-6-14-27-24(22)23(29-25)19-10-4-9-18(15-19)17-7-2-1-3-8-17;24-17-9-3-8-16(14-17)23-26-20-12-5-13-25-22(20)21(27-23)19-11-4-7-15-6-1-2-10-18(15)19;24-19-8-3-7-18(14-19)23-26-20-9-4-12-25-22(20)21(27-23)17-11-10-15-5-1-2-6-16(15)13-17/h1-20H;1-16H;2*1-14H. The van der Waals surface area contributed by atoms with Gasteiger partial charge in [-0.15, -0.1) is 0 Å². The fourth-order valence-corrected chi connectivity index (χ4v) is 15.9. The predicted molar refractivity (Wildman–Crippen MR) is 495 cm³/mol. The molecule has 0 aliphatic heterocycles. The maximum absolute atomic E-state index is 5.06. The van der Waals surface area contributed by atoms with Crippen molar-refractivity contribution in [2.24, 2.45) is 0 Å². The number of hydrogen-bond acceptors (Lipinski definition) is 12. The van der Waals surface area contributed by atoms with Gasteiger partial charge in [0, 0.05) is 87.2 Å². The van der Waals surface area contributed by atoms with Crippen LogP contribution in [0.2, 0.25) is 0 Å². The van der Waals surface area contributed by atoms with Crippen molar-refractivity contribution in [2.75, 3.05) is 0 Å². The van der Waals surface area contributed by atoms with Gasteiger partial charge in [0.05, 0.1) is 22.1 Å². The molecule has 0 radical (unpaired) electrons. The molecule has 118 heavy (non-hydrogen) atoms. The molecule has 0 unspecified atom stereocenters. The summed E-state index contributed by atoms with van der Waals surface area (Å²) in [6.45, 7) is 0. The number of nitrogens with zero attached hydrogens (tertiary/aromatic N) is 12. The predicted octanol–water partition coefficient (Wildman–Crippen LogP) is 27.8. The molecule has 0 saturated heterocycles. The molecule has 8 aromatic heterocycles. The molecule has 8 heterocycles. The highest BCUT2D eigenvalue weighted by molar-refractivity contribution is 9.11. The highest BCUT2D eigenvalue weighted by atomic mass is 79.9. The number of fused-ring (bicyclic) bond motifs is 6. The Balaban J connectivity index is 0.000000109. The van der Waals surface area contributed by atoms with Crippen molar-refractivity contribution in [2.45, 2.75) is 0 Å². The molecule has 0 saturated carbocycles. The first-order valence-corrected chi connectivity index (χ1v) is 41.2. The van der Waals surface area contributed by atoms with E-state index < -0.39 is 0 Å². The second-order valence-corrected chi connectivity index (χ2v) is 31.3. The van der Waals surface area contributed by atoms with Crippen molar-refractivity contribution < 1.29 is 0 Å². The molecular weight excluding hydrogens is 1710 g/mol. The molecule has 0 aliphatic carbocycles. The lowest BCUT2D eigenvalue weighted by Crippen LogP contribution is -1.97. The molecule has 0 atom stereocenters. The Bertz CT molecular complexity index is 7220. The first-order valence-electron chi connectivity index (χ1n) is 38.0. The fourth-order valence-electron chi connectivity index (χ4n) is 14.3. The first kappa shape index (κ1) is 75.6. The van der Waals surface area contributed by atoms with Crippen LogP contribution < -0.4 is 0 Å². The number of aromatic nitrogens is 12. The van der Waals surface area contributed by atoms with Gasteiger partial charge in [0.25, 0.3) is 0 Å². The van der Waals surface area contributed by atoms with Crippen molar-refractivity contribution in [3.05, 3.63) is 407 Å². The van der Waals surface area contributed by atoms with Gasteiger partial charge in [-0.2, -0.15) is 0 Å². The maximum Gasteiger partial charge on any atom is 0.160 e. The first-order chi connectivity index (χ1) is 58.1. The van der Waals surface area contributed by atoms with E-state index in [4.69, 9.17) is 39.9 Å². The topological polar surface area (TPSA) is 155 Å². The van der Waals surface area contributed by atoms with Crippen molar-refractivity contribution in [3.8, 4) is 124 Å². The van der Waals surface area contributed by atoms with E-state index in [0.717, 1.165) is 163 Å². The Labute approximate surface area is 713 Å². The molecule has 21 rings (SSSR count). The molecule has 0 aliphatic rings. The SMILES string of the molecule is Brc1cccc(-c2nc(-c3cc(-c4ccccc4)cc(-c4ccccc4)c3)c3ncccc3n2)c1.Brc1cccc(-c2nc(-c3ccc4ccccc4c3)c3ncccc3n2)c1.Brc1cccc(-c2nc(-c3cccc(-c4ccccc4)c3)c3ncccc3n2)c1.Brc1cccc(-c2nc(-c3cccc4ccccc34)c3ncccc3n2)c1. The van der Waals surface area contributed by atoms with Crippen LogP contribution in [0.3, 0.4) is 0 Å². The average Bonchev–Trinajstić information content (AvgIpc) is 0.746. The molecule has 0 bridgehead atoms. The summed E-state index contributed by atoms with van der Waals surface area (Å²) in [5.74, 6) is 2.75. The van der Waals surface area contributed by atoms with Crippen LogP contribution in [0.25, 0.3) is 190 Å². The third-order valence-corrected chi connectivity index (χ3v) is 21.9. The summed E-state index contributed by atoms with van der Waals surface area (Å²) in [6.07, 6.45) is 7.16. The summed E-state index contributed by atoms with van der Waals surface area (Å²) in [5.41, 5.74) is 24.8. The van der Waals surface area contributed by atoms with Crippen LogP contribution >= 0.6 is 63.7 Å². The largest absolute Gasteiger partial charge is 0.252 e. The zero-order chi connectivity index (χ0) is 79.7. The molecule has 0 N–H and O–H groups in total. The van der Waals surface area contributed by atoms with Crippen LogP contribution in [-0.4, -0.2) is 59.8 Å². The lowest BCUT2D eigenvalue weighted by molar-refractivity contribution is 1.20.